The summed E-state index contributed by atoms with van der Waals surface area (Å²) in [5.41, 5.74) is 39.5. The van der Waals surface area contributed by atoms with Crippen molar-refractivity contribution in [1.29, 1.82) is 0 Å². The molecule has 0 fully saturated rings. The Morgan fingerprint density at radius 1 is 0.248 bits per heavy atom. The minimum Gasteiger partial charge on any atom is -0.355 e. The standard InChI is InChI=1S/C56H40N4.C46H34N2.C10H7BrN2.H2/c1-37-25-31-52-48(35-37)56(49-36-38(2)26-32-53(49)60(52)41-29-27-39(28-30-41)54-57-33-14-34-58-54)44-19-8-6-17-42(44)55(43-18-7-9-20-45(43)56)46-21-10-12-23-50(46)59(40-15-4-3-5-16-40)51-24-13-11-22-47(51)55;1-30-24-26-41-39(28-30)46(40-29-31(2)25-27-42(40)47-41)35-18-8-6-16-33(35)45(34-17-7-9-19-36(34)46)37-20-10-12-22-43(37)48(32-14-4-3-5-15-32)44-23-13-11-21-38(44)45;11-10-3-1-8(2-4-10)9-5-12-7-13-6-9;/h3-36H,1-2H3;3-29,47H,1-2H3;1-7H;1H/i;;;1+1. The van der Waals surface area contributed by atoms with Gasteiger partial charge in [-0.1, -0.05) is 305 Å². The fourth-order valence-corrected chi connectivity index (χ4v) is 21.5. The second-order valence-electron chi connectivity index (χ2n) is 32.4. The molecule has 0 amide bonds. The molecule has 4 aliphatic heterocycles. The van der Waals surface area contributed by atoms with Crippen LogP contribution in [0.25, 0.3) is 22.5 Å². The molecule has 18 aromatic rings. The molecule has 578 valence electrons. The van der Waals surface area contributed by atoms with Gasteiger partial charge in [0.15, 0.2) is 5.82 Å². The highest BCUT2D eigenvalue weighted by atomic mass is 79.9. The molecular formula is C112H83BrN8. The Hall–Kier alpha value is -14.6. The number of hydrogen-bond donors (Lipinski definition) is 1. The van der Waals surface area contributed by atoms with Crippen LogP contribution >= 0.6 is 15.9 Å². The number of aryl methyl sites for hydroxylation is 4. The van der Waals surface area contributed by atoms with Crippen LogP contribution in [0.15, 0.2) is 418 Å². The maximum atomic E-state index is 4.54. The van der Waals surface area contributed by atoms with E-state index in [1.54, 1.807) is 24.8 Å². The van der Waals surface area contributed by atoms with Gasteiger partial charge in [0, 0.05) is 70.3 Å². The van der Waals surface area contributed by atoms with Gasteiger partial charge < -0.3 is 20.0 Å². The average Bonchev–Trinajstić information content (AvgIpc) is 0.654. The predicted molar refractivity (Wildman–Crippen MR) is 499 cm³/mol. The van der Waals surface area contributed by atoms with Crippen LogP contribution < -0.4 is 20.0 Å². The van der Waals surface area contributed by atoms with E-state index in [0.29, 0.717) is 0 Å². The number of nitrogens with one attached hydrogen (secondary N) is 1. The fourth-order valence-electron chi connectivity index (χ4n) is 21.2. The van der Waals surface area contributed by atoms with Gasteiger partial charge in [-0.2, -0.15) is 0 Å². The summed E-state index contributed by atoms with van der Waals surface area (Å²) in [6, 6.07) is 142. The lowest BCUT2D eigenvalue weighted by Crippen LogP contribution is -2.49. The summed E-state index contributed by atoms with van der Waals surface area (Å²) in [5, 5.41) is 3.85. The molecule has 0 atom stereocenters. The van der Waals surface area contributed by atoms with Gasteiger partial charge in [-0.25, -0.2) is 19.9 Å². The second-order valence-corrected chi connectivity index (χ2v) is 33.4. The summed E-state index contributed by atoms with van der Waals surface area (Å²) < 4.78 is 1.08. The number of rotatable bonds is 5. The van der Waals surface area contributed by atoms with E-state index < -0.39 is 21.7 Å². The molecule has 16 aromatic carbocycles. The van der Waals surface area contributed by atoms with Gasteiger partial charge >= 0.3 is 0 Å². The summed E-state index contributed by atoms with van der Waals surface area (Å²) in [6.45, 7) is 8.89. The molecule has 0 radical (unpaired) electrons. The van der Waals surface area contributed by atoms with Crippen LogP contribution in [0.2, 0.25) is 0 Å². The Bertz CT molecular complexity index is 6800. The lowest BCUT2D eigenvalue weighted by Gasteiger charge is -2.56. The van der Waals surface area contributed by atoms with Crippen molar-refractivity contribution in [3.8, 4) is 22.5 Å². The Kier molecular flexibility index (Phi) is 17.4. The van der Waals surface area contributed by atoms with Crippen LogP contribution in [-0.4, -0.2) is 19.9 Å². The highest BCUT2D eigenvalue weighted by Crippen LogP contribution is 2.70. The fraction of sp³-hybridized carbons (Fsp3) is 0.0714. The maximum Gasteiger partial charge on any atom is 0.159 e. The number of para-hydroxylation sites is 6. The zero-order valence-corrected chi connectivity index (χ0v) is 68.9. The molecule has 6 aliphatic rings. The Morgan fingerprint density at radius 2 is 0.529 bits per heavy atom. The van der Waals surface area contributed by atoms with Crippen molar-refractivity contribution in [2.24, 2.45) is 0 Å². The third-order valence-electron chi connectivity index (χ3n) is 25.9. The predicted octanol–water partition coefficient (Wildman–Crippen LogP) is 27.8. The molecule has 1 N–H and O–H groups in total. The van der Waals surface area contributed by atoms with E-state index in [-0.39, 0.29) is 1.43 Å². The number of hydrogen-bond acceptors (Lipinski definition) is 8. The second kappa shape index (κ2) is 28.9. The zero-order valence-electron chi connectivity index (χ0n) is 67.3. The molecule has 2 aliphatic carbocycles. The number of nitrogens with zero attached hydrogens (tertiary/aromatic N) is 7. The van der Waals surface area contributed by atoms with E-state index in [9.17, 15) is 0 Å². The van der Waals surface area contributed by atoms with E-state index in [1.165, 1.54) is 152 Å². The largest absolute Gasteiger partial charge is 0.355 e. The lowest BCUT2D eigenvalue weighted by molar-refractivity contribution is 0.607. The highest BCUT2D eigenvalue weighted by Gasteiger charge is 2.61. The molecule has 0 saturated heterocycles. The molecular weight excluding hydrogens is 1540 g/mol. The average molecular weight is 1620 g/mol. The molecule has 0 saturated carbocycles. The summed E-state index contributed by atoms with van der Waals surface area (Å²) in [4.78, 5) is 24.4. The number of halogens is 1. The monoisotopic (exact) mass is 1620 g/mol. The van der Waals surface area contributed by atoms with Crippen LogP contribution in [0.1, 0.15) is 113 Å². The first-order chi connectivity index (χ1) is 59.6. The van der Waals surface area contributed by atoms with Crippen LogP contribution in [-0.2, 0) is 21.7 Å². The van der Waals surface area contributed by atoms with Crippen LogP contribution in [0.4, 0.5) is 62.6 Å². The van der Waals surface area contributed by atoms with E-state index in [1.807, 2.05) is 30.3 Å². The third-order valence-corrected chi connectivity index (χ3v) is 26.4. The van der Waals surface area contributed by atoms with Gasteiger partial charge in [0.2, 0.25) is 0 Å². The molecule has 0 unspecified atom stereocenters. The summed E-state index contributed by atoms with van der Waals surface area (Å²) in [6.07, 6.45) is 8.73. The quantitative estimate of drug-likeness (QED) is 0.183. The van der Waals surface area contributed by atoms with Gasteiger partial charge in [0.1, 0.15) is 6.33 Å². The number of fused-ring (bicyclic) bond motifs is 28. The molecule has 6 heterocycles. The van der Waals surface area contributed by atoms with E-state index >= 15 is 0 Å². The first-order valence-electron chi connectivity index (χ1n) is 41.5. The third kappa shape index (κ3) is 10.9. The number of benzene rings is 16. The molecule has 0 bridgehead atoms. The van der Waals surface area contributed by atoms with Gasteiger partial charge in [-0.15, -0.1) is 0 Å². The normalized spacial score (nSPS) is 14.4. The SMILES string of the molecule is Brc1ccc(-c2cncnc2)cc1.Cc1ccc2c(c1)C1(c3cc(C)ccc3N2)c2ccccc2C2(c3ccccc3N(c3ccccc3)c3ccccc32)c2ccccc21.Cc1ccc2c(c1)C1(c3cc(C)ccc3N2c2ccc(-c3ncccn3)cc2)c2ccccc2C2(c3ccccc3N(c3ccccc3)c3ccccc32)c2ccccc21.[2HH]. The molecule has 8 nitrogen and oxygen atoms in total. The van der Waals surface area contributed by atoms with Crippen molar-refractivity contribution in [1.82, 2.24) is 19.9 Å². The zero-order chi connectivity index (χ0) is 81.1. The summed E-state index contributed by atoms with van der Waals surface area (Å²) >= 11 is 3.39. The first kappa shape index (κ1) is 72.8. The van der Waals surface area contributed by atoms with Crippen molar-refractivity contribution < 1.29 is 1.43 Å². The Morgan fingerprint density at radius 3 is 0.893 bits per heavy atom. The van der Waals surface area contributed by atoms with Gasteiger partial charge in [-0.3, -0.25) is 0 Å². The van der Waals surface area contributed by atoms with Crippen molar-refractivity contribution in [2.75, 3.05) is 20.0 Å². The van der Waals surface area contributed by atoms with E-state index in [0.717, 1.165) is 55.4 Å². The van der Waals surface area contributed by atoms with Gasteiger partial charge in [0.25, 0.3) is 0 Å². The molecule has 2 aromatic heterocycles. The lowest BCUT2D eigenvalue weighted by atomic mass is 9.49. The van der Waals surface area contributed by atoms with Crippen molar-refractivity contribution in [2.45, 2.75) is 49.4 Å². The van der Waals surface area contributed by atoms with Crippen LogP contribution in [0.5, 0.6) is 0 Å². The van der Waals surface area contributed by atoms with Gasteiger partial charge in [-0.05, 0) is 238 Å². The number of anilines is 11. The first-order valence-corrected chi connectivity index (χ1v) is 42.3. The Balaban J connectivity index is 0.000000132. The van der Waals surface area contributed by atoms with Gasteiger partial charge in [0.05, 0.1) is 55.8 Å². The van der Waals surface area contributed by atoms with Crippen LogP contribution in [0.3, 0.4) is 0 Å². The van der Waals surface area contributed by atoms with E-state index in [2.05, 4.69) is 435 Å². The smallest absolute Gasteiger partial charge is 0.159 e. The maximum absolute atomic E-state index is 4.54. The molecule has 24 rings (SSSR count). The van der Waals surface area contributed by atoms with Crippen molar-refractivity contribution >= 4 is 78.5 Å². The molecule has 9 heteroatoms. The molecule has 4 spiro atoms. The Labute approximate surface area is 715 Å². The van der Waals surface area contributed by atoms with Crippen molar-refractivity contribution in [3.05, 3.63) is 529 Å². The minimum atomic E-state index is -0.643. The summed E-state index contributed by atoms with van der Waals surface area (Å²) in [7, 11) is 0. The highest BCUT2D eigenvalue weighted by molar-refractivity contribution is 9.10. The number of aromatic nitrogens is 4. The summed E-state index contributed by atoms with van der Waals surface area (Å²) in [5.74, 6) is 0.718. The van der Waals surface area contributed by atoms with E-state index in [4.69, 9.17) is 0 Å². The van der Waals surface area contributed by atoms with Crippen LogP contribution in [0, 0.1) is 27.7 Å². The van der Waals surface area contributed by atoms with Crippen molar-refractivity contribution in [3.63, 3.8) is 0 Å². The topological polar surface area (TPSA) is 73.3 Å². The molecule has 121 heavy (non-hydrogen) atoms. The minimum absolute atomic E-state index is 0.